The average Bonchev–Trinajstić information content (AvgIpc) is 2.50. The lowest BCUT2D eigenvalue weighted by Crippen LogP contribution is -2.06. The molecule has 0 amide bonds. The second kappa shape index (κ2) is 3.46. The topological polar surface area (TPSA) is 43.4 Å². The van der Waals surface area contributed by atoms with Gasteiger partial charge in [-0.05, 0) is 24.1 Å². The number of esters is 2. The van der Waals surface area contributed by atoms with Crippen LogP contribution in [0.5, 0.6) is 0 Å². The number of carbonyl (C=O) groups excluding carboxylic acids is 2. The maximum atomic E-state index is 13.0. The summed E-state index contributed by atoms with van der Waals surface area (Å²) in [5.74, 6) is -1.97. The van der Waals surface area contributed by atoms with Crippen molar-refractivity contribution in [1.29, 1.82) is 0 Å². The Morgan fingerprint density at radius 3 is 2.67 bits per heavy atom. The largest absolute Gasteiger partial charge is 0.393 e. The molecule has 1 unspecified atom stereocenters. The molecule has 0 radical (unpaired) electrons. The van der Waals surface area contributed by atoms with Gasteiger partial charge < -0.3 is 4.74 Å². The number of carbonyl (C=O) groups is 2. The highest BCUT2D eigenvalue weighted by atomic mass is 19.1. The maximum absolute atomic E-state index is 13.0. The highest BCUT2D eigenvalue weighted by molar-refractivity contribution is 5.97. The molecule has 0 aliphatic carbocycles. The van der Waals surface area contributed by atoms with E-state index >= 15 is 0 Å². The van der Waals surface area contributed by atoms with Crippen LogP contribution >= 0.6 is 0 Å². The van der Waals surface area contributed by atoms with Gasteiger partial charge in [0.1, 0.15) is 5.82 Å². The molecule has 15 heavy (non-hydrogen) atoms. The number of halogens is 1. The van der Waals surface area contributed by atoms with Gasteiger partial charge in [0, 0.05) is 0 Å². The van der Waals surface area contributed by atoms with Gasteiger partial charge in [-0.2, -0.15) is 0 Å². The Bertz CT molecular complexity index is 439. The molecule has 1 aliphatic heterocycles. The number of cyclic esters (lactones) is 2. The van der Waals surface area contributed by atoms with Crippen LogP contribution in [0.15, 0.2) is 18.2 Å². The summed E-state index contributed by atoms with van der Waals surface area (Å²) in [6.45, 7) is 1.61. The molecular formula is C11H9FO3. The van der Waals surface area contributed by atoms with Crippen molar-refractivity contribution in [3.63, 3.8) is 0 Å². The van der Waals surface area contributed by atoms with E-state index in [9.17, 15) is 14.0 Å². The van der Waals surface area contributed by atoms with Gasteiger partial charge in [-0.3, -0.25) is 9.59 Å². The molecule has 1 atom stereocenters. The van der Waals surface area contributed by atoms with Crippen molar-refractivity contribution in [2.75, 3.05) is 0 Å². The molecule has 0 saturated carbocycles. The van der Waals surface area contributed by atoms with E-state index in [1.54, 1.807) is 13.0 Å². The van der Waals surface area contributed by atoms with Gasteiger partial charge in [0.25, 0.3) is 0 Å². The molecule has 1 aliphatic rings. The Kier molecular flexibility index (Phi) is 2.26. The minimum absolute atomic E-state index is 0.0455. The highest BCUT2D eigenvalue weighted by Gasteiger charge is 2.34. The van der Waals surface area contributed by atoms with Gasteiger partial charge in [0.05, 0.1) is 12.3 Å². The summed E-state index contributed by atoms with van der Waals surface area (Å²) in [6.07, 6.45) is 0.0455. The van der Waals surface area contributed by atoms with Crippen LogP contribution in [0.1, 0.15) is 23.5 Å². The normalized spacial score (nSPS) is 20.5. The molecule has 4 heteroatoms. The summed E-state index contributed by atoms with van der Waals surface area (Å²) in [5.41, 5.74) is 1.09. The van der Waals surface area contributed by atoms with Crippen LogP contribution in [0.25, 0.3) is 0 Å². The van der Waals surface area contributed by atoms with E-state index in [2.05, 4.69) is 4.74 Å². The third-order valence-electron chi connectivity index (χ3n) is 2.45. The summed E-state index contributed by atoms with van der Waals surface area (Å²) in [4.78, 5) is 22.1. The van der Waals surface area contributed by atoms with E-state index in [1.807, 2.05) is 0 Å². The van der Waals surface area contributed by atoms with Gasteiger partial charge in [0.2, 0.25) is 0 Å². The molecular weight excluding hydrogens is 199 g/mol. The van der Waals surface area contributed by atoms with E-state index in [0.717, 1.165) is 0 Å². The first-order valence-electron chi connectivity index (χ1n) is 4.58. The molecule has 1 fully saturated rings. The quantitative estimate of drug-likeness (QED) is 0.521. The summed E-state index contributed by atoms with van der Waals surface area (Å²) >= 11 is 0. The average molecular weight is 208 g/mol. The molecule has 78 valence electrons. The van der Waals surface area contributed by atoms with Crippen LogP contribution in [0, 0.1) is 12.7 Å². The molecule has 1 aromatic carbocycles. The first kappa shape index (κ1) is 9.83. The fourth-order valence-corrected chi connectivity index (χ4v) is 1.61. The summed E-state index contributed by atoms with van der Waals surface area (Å²) in [5, 5.41) is 0. The van der Waals surface area contributed by atoms with Crippen molar-refractivity contribution in [2.24, 2.45) is 0 Å². The lowest BCUT2D eigenvalue weighted by molar-refractivity contribution is -0.152. The fourth-order valence-electron chi connectivity index (χ4n) is 1.61. The zero-order valence-electron chi connectivity index (χ0n) is 8.12. The molecule has 1 saturated heterocycles. The second-order valence-electron chi connectivity index (χ2n) is 3.56. The van der Waals surface area contributed by atoms with Gasteiger partial charge in [0.15, 0.2) is 0 Å². The maximum Gasteiger partial charge on any atom is 0.321 e. The number of hydrogen-bond acceptors (Lipinski definition) is 3. The molecule has 0 bridgehead atoms. The molecule has 1 heterocycles. The van der Waals surface area contributed by atoms with E-state index in [4.69, 9.17) is 0 Å². The Hall–Kier alpha value is -1.71. The SMILES string of the molecule is Cc1cc(C2CC(=O)OC2=O)ccc1F. The summed E-state index contributed by atoms with van der Waals surface area (Å²) < 4.78 is 17.4. The predicted molar refractivity (Wildman–Crippen MR) is 49.6 cm³/mol. The molecule has 0 N–H and O–H groups in total. The minimum Gasteiger partial charge on any atom is -0.393 e. The molecule has 1 aromatic rings. The number of benzene rings is 1. The fraction of sp³-hybridized carbons (Fsp3) is 0.273. The first-order valence-corrected chi connectivity index (χ1v) is 4.58. The monoisotopic (exact) mass is 208 g/mol. The number of ether oxygens (including phenoxy) is 1. The Morgan fingerprint density at radius 1 is 1.40 bits per heavy atom. The van der Waals surface area contributed by atoms with Crippen molar-refractivity contribution in [3.05, 3.63) is 35.1 Å². The summed E-state index contributed by atoms with van der Waals surface area (Å²) in [7, 11) is 0. The third kappa shape index (κ3) is 1.75. The van der Waals surface area contributed by atoms with Gasteiger partial charge in [-0.1, -0.05) is 12.1 Å². The van der Waals surface area contributed by atoms with Crippen LogP contribution in [-0.4, -0.2) is 11.9 Å². The standard InChI is InChI=1S/C11H9FO3/c1-6-4-7(2-3-9(6)12)8-5-10(13)15-11(8)14/h2-4,8H,5H2,1H3. The number of aryl methyl sites for hydroxylation is 1. The lowest BCUT2D eigenvalue weighted by atomic mass is 9.96. The van der Waals surface area contributed by atoms with Crippen molar-refractivity contribution in [3.8, 4) is 0 Å². The Morgan fingerprint density at radius 2 is 2.13 bits per heavy atom. The van der Waals surface area contributed by atoms with Crippen LogP contribution in [0.3, 0.4) is 0 Å². The molecule has 3 nitrogen and oxygen atoms in total. The van der Waals surface area contributed by atoms with Crippen LogP contribution in [0.2, 0.25) is 0 Å². The van der Waals surface area contributed by atoms with Crippen molar-refractivity contribution < 1.29 is 18.7 Å². The van der Waals surface area contributed by atoms with Gasteiger partial charge in [-0.25, -0.2) is 4.39 Å². The van der Waals surface area contributed by atoms with Crippen molar-refractivity contribution in [1.82, 2.24) is 0 Å². The zero-order chi connectivity index (χ0) is 11.0. The predicted octanol–water partition coefficient (Wildman–Crippen LogP) is 1.69. The Balaban J connectivity index is 2.34. The van der Waals surface area contributed by atoms with Crippen molar-refractivity contribution >= 4 is 11.9 Å². The van der Waals surface area contributed by atoms with E-state index in [0.29, 0.717) is 11.1 Å². The van der Waals surface area contributed by atoms with E-state index < -0.39 is 17.9 Å². The molecule has 2 rings (SSSR count). The highest BCUT2D eigenvalue weighted by Crippen LogP contribution is 2.28. The smallest absolute Gasteiger partial charge is 0.321 e. The van der Waals surface area contributed by atoms with E-state index in [-0.39, 0.29) is 12.2 Å². The molecule has 0 aromatic heterocycles. The molecule has 0 spiro atoms. The lowest BCUT2D eigenvalue weighted by Gasteiger charge is -2.06. The second-order valence-corrected chi connectivity index (χ2v) is 3.56. The van der Waals surface area contributed by atoms with Gasteiger partial charge in [-0.15, -0.1) is 0 Å². The van der Waals surface area contributed by atoms with Crippen LogP contribution < -0.4 is 0 Å². The van der Waals surface area contributed by atoms with Crippen LogP contribution in [-0.2, 0) is 14.3 Å². The number of rotatable bonds is 1. The third-order valence-corrected chi connectivity index (χ3v) is 2.45. The minimum atomic E-state index is -0.572. The van der Waals surface area contributed by atoms with E-state index in [1.165, 1.54) is 12.1 Å². The van der Waals surface area contributed by atoms with Gasteiger partial charge >= 0.3 is 11.9 Å². The summed E-state index contributed by atoms with van der Waals surface area (Å²) in [6, 6.07) is 4.37. The first-order chi connectivity index (χ1) is 7.08. The van der Waals surface area contributed by atoms with Crippen LogP contribution in [0.4, 0.5) is 4.39 Å². The van der Waals surface area contributed by atoms with Crippen molar-refractivity contribution in [2.45, 2.75) is 19.3 Å². The zero-order valence-corrected chi connectivity index (χ0v) is 8.12. The number of hydrogen-bond donors (Lipinski definition) is 0. The Labute approximate surface area is 85.9 Å².